The molecular formula is C9H14O7. The molecule has 0 aromatic carbocycles. The van der Waals surface area contributed by atoms with Crippen LogP contribution in [0.1, 0.15) is 12.8 Å². The second kappa shape index (κ2) is 6.16. The molecule has 0 aromatic rings. The molecule has 1 aliphatic heterocycles. The minimum Gasteiger partial charge on any atom is -0.438 e. The number of hydrogen-bond donors (Lipinski definition) is 0. The third-order valence-corrected chi connectivity index (χ3v) is 2.01. The standard InChI is InChI=1S/C9H14O7/c1-12-8(10)15-6-4-3-5-14-7(6)16-9(11)13-2/h6-7H,3-5H2,1-2H3. The van der Waals surface area contributed by atoms with Crippen LogP contribution in [0.4, 0.5) is 9.59 Å². The first kappa shape index (κ1) is 12.6. The summed E-state index contributed by atoms with van der Waals surface area (Å²) in [6.45, 7) is 0.433. The average Bonchev–Trinajstić information content (AvgIpc) is 2.31. The second-order valence-corrected chi connectivity index (χ2v) is 3.06. The van der Waals surface area contributed by atoms with Gasteiger partial charge < -0.3 is 23.7 Å². The number of methoxy groups -OCH3 is 2. The first-order valence-electron chi connectivity index (χ1n) is 4.78. The predicted octanol–water partition coefficient (Wildman–Crippen LogP) is 1.06. The zero-order valence-corrected chi connectivity index (χ0v) is 9.13. The molecule has 1 aliphatic rings. The smallest absolute Gasteiger partial charge is 0.438 e. The predicted molar refractivity (Wildman–Crippen MR) is 49.7 cm³/mol. The number of rotatable bonds is 2. The van der Waals surface area contributed by atoms with Gasteiger partial charge in [-0.3, -0.25) is 0 Å². The molecule has 0 bridgehead atoms. The molecule has 1 saturated heterocycles. The van der Waals surface area contributed by atoms with Gasteiger partial charge in [-0.2, -0.15) is 0 Å². The molecular weight excluding hydrogens is 220 g/mol. The van der Waals surface area contributed by atoms with Gasteiger partial charge >= 0.3 is 12.3 Å². The second-order valence-electron chi connectivity index (χ2n) is 3.06. The van der Waals surface area contributed by atoms with E-state index in [-0.39, 0.29) is 0 Å². The lowest BCUT2D eigenvalue weighted by Crippen LogP contribution is -2.40. The monoisotopic (exact) mass is 234 g/mol. The molecule has 7 heteroatoms. The fraction of sp³-hybridized carbons (Fsp3) is 0.778. The molecule has 0 saturated carbocycles. The Morgan fingerprint density at radius 1 is 1.12 bits per heavy atom. The lowest BCUT2D eigenvalue weighted by molar-refractivity contribution is -0.198. The first-order chi connectivity index (χ1) is 7.67. The van der Waals surface area contributed by atoms with Crippen molar-refractivity contribution in [3.05, 3.63) is 0 Å². The third-order valence-electron chi connectivity index (χ3n) is 2.01. The van der Waals surface area contributed by atoms with E-state index in [0.717, 1.165) is 0 Å². The van der Waals surface area contributed by atoms with Crippen molar-refractivity contribution in [3.8, 4) is 0 Å². The maximum absolute atomic E-state index is 10.9. The van der Waals surface area contributed by atoms with Crippen molar-refractivity contribution in [1.29, 1.82) is 0 Å². The summed E-state index contributed by atoms with van der Waals surface area (Å²) in [5, 5.41) is 0. The van der Waals surface area contributed by atoms with Crippen molar-refractivity contribution in [2.24, 2.45) is 0 Å². The number of carbonyl (C=O) groups excluding carboxylic acids is 2. The molecule has 0 spiro atoms. The number of ether oxygens (including phenoxy) is 5. The maximum Gasteiger partial charge on any atom is 0.510 e. The van der Waals surface area contributed by atoms with Gasteiger partial charge in [0, 0.05) is 0 Å². The van der Waals surface area contributed by atoms with Gasteiger partial charge in [0.25, 0.3) is 0 Å². The van der Waals surface area contributed by atoms with Crippen LogP contribution in [0.25, 0.3) is 0 Å². The van der Waals surface area contributed by atoms with Crippen molar-refractivity contribution >= 4 is 12.3 Å². The van der Waals surface area contributed by atoms with Gasteiger partial charge in [-0.1, -0.05) is 0 Å². The van der Waals surface area contributed by atoms with Crippen LogP contribution >= 0.6 is 0 Å². The Morgan fingerprint density at radius 2 is 1.75 bits per heavy atom. The average molecular weight is 234 g/mol. The third kappa shape index (κ3) is 3.58. The molecule has 0 radical (unpaired) electrons. The summed E-state index contributed by atoms with van der Waals surface area (Å²) >= 11 is 0. The Bertz CT molecular complexity index is 226. The van der Waals surface area contributed by atoms with E-state index >= 15 is 0 Å². The highest BCUT2D eigenvalue weighted by molar-refractivity contribution is 5.61. The topological polar surface area (TPSA) is 80.3 Å². The van der Waals surface area contributed by atoms with Crippen molar-refractivity contribution in [2.45, 2.75) is 25.2 Å². The Morgan fingerprint density at radius 3 is 2.38 bits per heavy atom. The Labute approximate surface area is 92.5 Å². The molecule has 1 rings (SSSR count). The van der Waals surface area contributed by atoms with E-state index in [9.17, 15) is 9.59 Å². The molecule has 0 N–H and O–H groups in total. The van der Waals surface area contributed by atoms with E-state index in [4.69, 9.17) is 14.2 Å². The van der Waals surface area contributed by atoms with Crippen LogP contribution in [-0.2, 0) is 23.7 Å². The van der Waals surface area contributed by atoms with E-state index in [1.165, 1.54) is 14.2 Å². The quantitative estimate of drug-likeness (QED) is 0.660. The Balaban J connectivity index is 2.49. The molecule has 1 fully saturated rings. The SMILES string of the molecule is COC(=O)OC1CCCOC1OC(=O)OC. The van der Waals surface area contributed by atoms with Gasteiger partial charge in [0.2, 0.25) is 6.29 Å². The van der Waals surface area contributed by atoms with E-state index < -0.39 is 24.7 Å². The van der Waals surface area contributed by atoms with Crippen molar-refractivity contribution in [3.63, 3.8) is 0 Å². The van der Waals surface area contributed by atoms with Gasteiger partial charge in [-0.05, 0) is 12.8 Å². The summed E-state index contributed by atoms with van der Waals surface area (Å²) in [6.07, 6.45) is -2.08. The van der Waals surface area contributed by atoms with E-state index in [0.29, 0.717) is 19.4 Å². The number of carbonyl (C=O) groups is 2. The van der Waals surface area contributed by atoms with Crippen LogP contribution in [-0.4, -0.2) is 45.5 Å². The molecule has 0 amide bonds. The molecule has 1 heterocycles. The van der Waals surface area contributed by atoms with Crippen LogP contribution in [0.2, 0.25) is 0 Å². The Kier molecular flexibility index (Phi) is 4.84. The summed E-state index contributed by atoms with van der Waals surface area (Å²) in [7, 11) is 2.38. The van der Waals surface area contributed by atoms with Crippen molar-refractivity contribution < 1.29 is 33.3 Å². The van der Waals surface area contributed by atoms with Crippen LogP contribution < -0.4 is 0 Å². The molecule has 7 nitrogen and oxygen atoms in total. The maximum atomic E-state index is 10.9. The lowest BCUT2D eigenvalue weighted by Gasteiger charge is -2.29. The number of hydrogen-bond acceptors (Lipinski definition) is 7. The zero-order chi connectivity index (χ0) is 12.0. The largest absolute Gasteiger partial charge is 0.510 e. The summed E-state index contributed by atoms with van der Waals surface area (Å²) in [6, 6.07) is 0. The van der Waals surface area contributed by atoms with Crippen LogP contribution in [0.5, 0.6) is 0 Å². The lowest BCUT2D eigenvalue weighted by atomic mass is 10.1. The van der Waals surface area contributed by atoms with Gasteiger partial charge in [0.1, 0.15) is 0 Å². The van der Waals surface area contributed by atoms with E-state index in [1.807, 2.05) is 0 Å². The van der Waals surface area contributed by atoms with Gasteiger partial charge in [0.05, 0.1) is 20.8 Å². The summed E-state index contributed by atoms with van der Waals surface area (Å²) in [5.74, 6) is 0. The highest BCUT2D eigenvalue weighted by atomic mass is 16.8. The molecule has 92 valence electrons. The molecule has 0 aliphatic carbocycles. The molecule has 16 heavy (non-hydrogen) atoms. The fourth-order valence-electron chi connectivity index (χ4n) is 1.27. The zero-order valence-electron chi connectivity index (χ0n) is 9.13. The Hall–Kier alpha value is -1.50. The summed E-state index contributed by atoms with van der Waals surface area (Å²) in [5.41, 5.74) is 0. The van der Waals surface area contributed by atoms with Gasteiger partial charge in [0.15, 0.2) is 6.10 Å². The van der Waals surface area contributed by atoms with E-state index in [2.05, 4.69) is 9.47 Å². The van der Waals surface area contributed by atoms with Crippen LogP contribution in [0.3, 0.4) is 0 Å². The molecule has 2 atom stereocenters. The van der Waals surface area contributed by atoms with Crippen molar-refractivity contribution in [2.75, 3.05) is 20.8 Å². The minimum absolute atomic E-state index is 0.433. The molecule has 2 unspecified atom stereocenters. The highest BCUT2D eigenvalue weighted by Crippen LogP contribution is 2.19. The van der Waals surface area contributed by atoms with Crippen LogP contribution in [0.15, 0.2) is 0 Å². The first-order valence-corrected chi connectivity index (χ1v) is 4.78. The van der Waals surface area contributed by atoms with Crippen molar-refractivity contribution in [1.82, 2.24) is 0 Å². The summed E-state index contributed by atoms with van der Waals surface area (Å²) in [4.78, 5) is 21.8. The summed E-state index contributed by atoms with van der Waals surface area (Å²) < 4.78 is 23.5. The van der Waals surface area contributed by atoms with Crippen LogP contribution in [0, 0.1) is 0 Å². The molecule has 0 aromatic heterocycles. The minimum atomic E-state index is -0.944. The van der Waals surface area contributed by atoms with E-state index in [1.54, 1.807) is 0 Å². The highest BCUT2D eigenvalue weighted by Gasteiger charge is 2.33. The van der Waals surface area contributed by atoms with Gasteiger partial charge in [-0.15, -0.1) is 0 Å². The fourth-order valence-corrected chi connectivity index (χ4v) is 1.27. The normalized spacial score (nSPS) is 24.4. The van der Waals surface area contributed by atoms with Gasteiger partial charge in [-0.25, -0.2) is 9.59 Å².